The van der Waals surface area contributed by atoms with Crippen molar-refractivity contribution in [3.8, 4) is 11.3 Å². The molecule has 2 aromatic rings. The molecule has 0 aliphatic heterocycles. The molecule has 0 fully saturated rings. The van der Waals surface area contributed by atoms with Crippen LogP contribution in [0, 0.1) is 0 Å². The maximum atomic E-state index is 12.4. The summed E-state index contributed by atoms with van der Waals surface area (Å²) in [7, 11) is 0. The number of benzene rings is 1. The highest BCUT2D eigenvalue weighted by Crippen LogP contribution is 2.21. The molecule has 0 aliphatic rings. The Morgan fingerprint density at radius 3 is 2.48 bits per heavy atom. The van der Waals surface area contributed by atoms with Crippen molar-refractivity contribution in [2.75, 3.05) is 0 Å². The highest BCUT2D eigenvalue weighted by atomic mass is 35.5. The Labute approximate surface area is 126 Å². The Morgan fingerprint density at radius 2 is 1.90 bits per heavy atom. The van der Waals surface area contributed by atoms with Gasteiger partial charge in [0.25, 0.3) is 5.56 Å². The zero-order chi connectivity index (χ0) is 15.4. The molecule has 0 atom stereocenters. The van der Waals surface area contributed by atoms with Gasteiger partial charge in [0.15, 0.2) is 0 Å². The summed E-state index contributed by atoms with van der Waals surface area (Å²) in [6.07, 6.45) is 2.27. The molecule has 108 valence electrons. The predicted octanol–water partition coefficient (Wildman–Crippen LogP) is 3.29. The molecule has 2 rings (SSSR count). The Kier molecular flexibility index (Phi) is 4.60. The molecule has 1 aromatic heterocycles. The summed E-state index contributed by atoms with van der Waals surface area (Å²) in [5.74, 6) is -1.08. The number of hydrogen-bond acceptors (Lipinski definition) is 2. The van der Waals surface area contributed by atoms with Gasteiger partial charge in [0.05, 0.1) is 5.69 Å². The molecule has 1 aromatic carbocycles. The minimum atomic E-state index is -1.08. The van der Waals surface area contributed by atoms with E-state index in [-0.39, 0.29) is 5.56 Å². The molecule has 1 N–H and O–H groups in total. The fourth-order valence-corrected chi connectivity index (χ4v) is 2.20. The van der Waals surface area contributed by atoms with Crippen molar-refractivity contribution in [3.63, 3.8) is 0 Å². The quantitative estimate of drug-likeness (QED) is 0.882. The van der Waals surface area contributed by atoms with Crippen molar-refractivity contribution in [2.45, 2.75) is 13.5 Å². The lowest BCUT2D eigenvalue weighted by atomic mass is 10.1. The second-order valence-corrected chi connectivity index (χ2v) is 4.84. The first kappa shape index (κ1) is 15.1. The van der Waals surface area contributed by atoms with Gasteiger partial charge in [-0.1, -0.05) is 23.7 Å². The van der Waals surface area contributed by atoms with E-state index in [0.717, 1.165) is 17.3 Å². The van der Waals surface area contributed by atoms with Crippen molar-refractivity contribution in [2.24, 2.45) is 0 Å². The number of carboxylic acids is 1. The van der Waals surface area contributed by atoms with Gasteiger partial charge in [-0.15, -0.1) is 0 Å². The number of nitrogens with zero attached hydrogens (tertiary/aromatic N) is 1. The molecule has 5 heteroatoms. The number of rotatable bonds is 4. The van der Waals surface area contributed by atoms with Gasteiger partial charge in [-0.05, 0) is 42.8 Å². The molecule has 0 spiro atoms. The van der Waals surface area contributed by atoms with E-state index in [0.29, 0.717) is 17.1 Å². The zero-order valence-electron chi connectivity index (χ0n) is 11.4. The second-order valence-electron chi connectivity index (χ2n) is 4.40. The Bertz CT molecular complexity index is 745. The number of aromatic nitrogens is 1. The minimum absolute atomic E-state index is 0.220. The third kappa shape index (κ3) is 3.41. The van der Waals surface area contributed by atoms with Crippen LogP contribution in [0.1, 0.15) is 12.5 Å². The van der Waals surface area contributed by atoms with Crippen molar-refractivity contribution >= 4 is 23.6 Å². The number of pyridine rings is 1. The van der Waals surface area contributed by atoms with Crippen molar-refractivity contribution in [3.05, 3.63) is 63.4 Å². The fraction of sp³-hybridized carbons (Fsp3) is 0.125. The van der Waals surface area contributed by atoms with Crippen molar-refractivity contribution in [1.82, 2.24) is 4.57 Å². The average Bonchev–Trinajstić information content (AvgIpc) is 2.46. The van der Waals surface area contributed by atoms with Crippen LogP contribution in [0.3, 0.4) is 0 Å². The van der Waals surface area contributed by atoms with Crippen LogP contribution < -0.4 is 5.56 Å². The number of carbonyl (C=O) groups is 1. The summed E-state index contributed by atoms with van der Waals surface area (Å²) < 4.78 is 1.60. The molecule has 0 amide bonds. The predicted molar refractivity (Wildman–Crippen MR) is 83.5 cm³/mol. The summed E-state index contributed by atoms with van der Waals surface area (Å²) in [6, 6.07) is 10.6. The standard InChI is InChI=1S/C16H14ClNO3/c1-2-18-14(11-3-7-13(17)8-4-11)9-5-12(16(18)21)6-10-15(19)20/h3-10H,2H2,1H3,(H,19,20)/b10-6+. The van der Waals surface area contributed by atoms with Crippen molar-refractivity contribution < 1.29 is 9.90 Å². The lowest BCUT2D eigenvalue weighted by Gasteiger charge is -2.12. The van der Waals surface area contributed by atoms with Gasteiger partial charge in [-0.3, -0.25) is 4.79 Å². The summed E-state index contributed by atoms with van der Waals surface area (Å²) >= 11 is 5.87. The van der Waals surface area contributed by atoms with E-state index >= 15 is 0 Å². The summed E-state index contributed by atoms with van der Waals surface area (Å²) in [5.41, 5.74) is 1.78. The monoisotopic (exact) mass is 303 g/mol. The largest absolute Gasteiger partial charge is 0.478 e. The van der Waals surface area contributed by atoms with Crippen LogP contribution >= 0.6 is 11.6 Å². The number of hydrogen-bond donors (Lipinski definition) is 1. The first-order chi connectivity index (χ1) is 10.0. The summed E-state index contributed by atoms with van der Waals surface area (Å²) in [6.45, 7) is 2.36. The number of halogens is 1. The first-order valence-electron chi connectivity index (χ1n) is 6.43. The second kappa shape index (κ2) is 6.41. The molecule has 21 heavy (non-hydrogen) atoms. The van der Waals surface area contributed by atoms with Gasteiger partial charge in [0, 0.05) is 23.2 Å². The van der Waals surface area contributed by atoms with Crippen LogP contribution in [0.2, 0.25) is 5.02 Å². The third-order valence-corrected chi connectivity index (χ3v) is 3.32. The van der Waals surface area contributed by atoms with E-state index in [4.69, 9.17) is 16.7 Å². The highest BCUT2D eigenvalue weighted by Gasteiger charge is 2.08. The van der Waals surface area contributed by atoms with E-state index in [9.17, 15) is 9.59 Å². The van der Waals surface area contributed by atoms with Crippen LogP contribution in [-0.2, 0) is 11.3 Å². The molecular formula is C16H14ClNO3. The molecule has 0 bridgehead atoms. The maximum Gasteiger partial charge on any atom is 0.328 e. The summed E-state index contributed by atoms with van der Waals surface area (Å²) in [4.78, 5) is 22.9. The molecule has 0 unspecified atom stereocenters. The zero-order valence-corrected chi connectivity index (χ0v) is 12.2. The average molecular weight is 304 g/mol. The van der Waals surface area contributed by atoms with E-state index in [1.165, 1.54) is 6.08 Å². The van der Waals surface area contributed by atoms with E-state index in [1.807, 2.05) is 19.1 Å². The van der Waals surface area contributed by atoms with Gasteiger partial charge in [0.1, 0.15) is 0 Å². The van der Waals surface area contributed by atoms with Crippen molar-refractivity contribution in [1.29, 1.82) is 0 Å². The van der Waals surface area contributed by atoms with Crippen LogP contribution in [0.25, 0.3) is 17.3 Å². The minimum Gasteiger partial charge on any atom is -0.478 e. The molecule has 4 nitrogen and oxygen atoms in total. The first-order valence-corrected chi connectivity index (χ1v) is 6.81. The Hall–Kier alpha value is -2.33. The Balaban J connectivity index is 2.54. The SMILES string of the molecule is CCn1c(-c2ccc(Cl)cc2)ccc(/C=C/C(=O)O)c1=O. The van der Waals surface area contributed by atoms with Gasteiger partial charge in [0.2, 0.25) is 0 Å². The summed E-state index contributed by atoms with van der Waals surface area (Å²) in [5, 5.41) is 9.27. The smallest absolute Gasteiger partial charge is 0.328 e. The lowest BCUT2D eigenvalue weighted by molar-refractivity contribution is -0.131. The lowest BCUT2D eigenvalue weighted by Crippen LogP contribution is -2.22. The van der Waals surface area contributed by atoms with Gasteiger partial charge < -0.3 is 9.67 Å². The van der Waals surface area contributed by atoms with Gasteiger partial charge >= 0.3 is 5.97 Å². The molecule has 1 heterocycles. The Morgan fingerprint density at radius 1 is 1.24 bits per heavy atom. The van der Waals surface area contributed by atoms with Crippen LogP contribution in [0.4, 0.5) is 0 Å². The third-order valence-electron chi connectivity index (χ3n) is 3.07. The molecule has 0 aliphatic carbocycles. The molecule has 0 saturated carbocycles. The van der Waals surface area contributed by atoms with E-state index < -0.39 is 5.97 Å². The van der Waals surface area contributed by atoms with Crippen LogP contribution in [-0.4, -0.2) is 15.6 Å². The number of carboxylic acid groups (broad SMARTS) is 1. The topological polar surface area (TPSA) is 59.3 Å². The number of aliphatic carboxylic acids is 1. The normalized spacial score (nSPS) is 11.0. The fourth-order valence-electron chi connectivity index (χ4n) is 2.07. The molecule has 0 saturated heterocycles. The van der Waals surface area contributed by atoms with Gasteiger partial charge in [-0.25, -0.2) is 4.79 Å². The maximum absolute atomic E-state index is 12.4. The van der Waals surface area contributed by atoms with E-state index in [2.05, 4.69) is 0 Å². The molecule has 0 radical (unpaired) electrons. The van der Waals surface area contributed by atoms with E-state index in [1.54, 1.807) is 28.8 Å². The van der Waals surface area contributed by atoms with Crippen LogP contribution in [0.15, 0.2) is 47.3 Å². The molecular weight excluding hydrogens is 290 g/mol. The van der Waals surface area contributed by atoms with Crippen LogP contribution in [0.5, 0.6) is 0 Å². The van der Waals surface area contributed by atoms with Gasteiger partial charge in [-0.2, -0.15) is 0 Å². The highest BCUT2D eigenvalue weighted by molar-refractivity contribution is 6.30.